The summed E-state index contributed by atoms with van der Waals surface area (Å²) in [6.07, 6.45) is -3.10. The Morgan fingerprint density at radius 2 is 2.18 bits per heavy atom. The maximum Gasteiger partial charge on any atom is 0.311 e. The zero-order valence-electron chi connectivity index (χ0n) is 9.55. The number of pyridine rings is 1. The molecule has 0 aliphatic rings. The molecule has 6 heteroatoms. The minimum atomic E-state index is -2.74. The number of rotatable bonds is 4. The molecule has 0 atom stereocenters. The highest BCUT2D eigenvalue weighted by Crippen LogP contribution is 2.24. The number of aryl methyl sites for hydroxylation is 1. The lowest BCUT2D eigenvalue weighted by molar-refractivity contribution is -0.142. The largest absolute Gasteiger partial charge is 0.466 e. The van der Waals surface area contributed by atoms with E-state index >= 15 is 0 Å². The normalized spacial score (nSPS) is 10.6. The minimum Gasteiger partial charge on any atom is -0.466 e. The maximum absolute atomic E-state index is 12.8. The molecule has 0 saturated carbocycles. The summed E-state index contributed by atoms with van der Waals surface area (Å²) in [5.74, 6) is -0.643. The number of esters is 1. The van der Waals surface area contributed by atoms with Crippen molar-refractivity contribution >= 4 is 5.97 Å². The van der Waals surface area contributed by atoms with Crippen LogP contribution in [0.15, 0.2) is 10.9 Å². The van der Waals surface area contributed by atoms with Crippen LogP contribution in [0.25, 0.3) is 0 Å². The molecule has 0 radical (unpaired) electrons. The third-order valence-electron chi connectivity index (χ3n) is 2.22. The number of nitrogens with one attached hydrogen (secondary N) is 1. The first-order chi connectivity index (χ1) is 7.95. The van der Waals surface area contributed by atoms with E-state index in [1.54, 1.807) is 6.92 Å². The third-order valence-corrected chi connectivity index (χ3v) is 2.22. The van der Waals surface area contributed by atoms with Crippen LogP contribution in [0.4, 0.5) is 8.78 Å². The number of hydrogen-bond donors (Lipinski definition) is 1. The number of halogens is 2. The highest BCUT2D eigenvalue weighted by atomic mass is 19.3. The van der Waals surface area contributed by atoms with E-state index < -0.39 is 18.0 Å². The standard InChI is InChI=1S/C11H13F2NO3/c1-3-17-9(16)5-7-10(11(12)13)6(2)4-8(15)14-7/h4,11H,3,5H2,1-2H3,(H,14,15). The number of ether oxygens (including phenoxy) is 1. The Morgan fingerprint density at radius 3 is 2.71 bits per heavy atom. The lowest BCUT2D eigenvalue weighted by Crippen LogP contribution is -2.17. The van der Waals surface area contributed by atoms with Gasteiger partial charge in [-0.2, -0.15) is 0 Å². The van der Waals surface area contributed by atoms with Crippen molar-refractivity contribution in [3.63, 3.8) is 0 Å². The summed E-state index contributed by atoms with van der Waals surface area (Å²) in [6.45, 7) is 3.19. The molecular weight excluding hydrogens is 232 g/mol. The molecule has 0 amide bonds. The average Bonchev–Trinajstić information content (AvgIpc) is 2.15. The molecule has 1 rings (SSSR count). The molecule has 1 N–H and O–H groups in total. The third kappa shape index (κ3) is 3.37. The van der Waals surface area contributed by atoms with Crippen molar-refractivity contribution in [3.8, 4) is 0 Å². The summed E-state index contributed by atoms with van der Waals surface area (Å²) < 4.78 is 30.2. The second-order valence-electron chi connectivity index (χ2n) is 3.49. The second kappa shape index (κ2) is 5.56. The summed E-state index contributed by atoms with van der Waals surface area (Å²) in [7, 11) is 0. The molecule has 0 unspecified atom stereocenters. The van der Waals surface area contributed by atoms with Gasteiger partial charge in [0.2, 0.25) is 5.56 Å². The molecule has 0 aliphatic carbocycles. The van der Waals surface area contributed by atoms with Gasteiger partial charge in [-0.1, -0.05) is 0 Å². The molecule has 0 spiro atoms. The minimum absolute atomic E-state index is 0.0801. The van der Waals surface area contributed by atoms with Crippen LogP contribution in [0, 0.1) is 6.92 Å². The molecule has 0 aliphatic heterocycles. The van der Waals surface area contributed by atoms with E-state index in [1.165, 1.54) is 6.92 Å². The topological polar surface area (TPSA) is 59.2 Å². The number of carbonyl (C=O) groups is 1. The molecule has 0 fully saturated rings. The molecule has 1 aromatic heterocycles. The first-order valence-corrected chi connectivity index (χ1v) is 5.12. The summed E-state index contributed by atoms with van der Waals surface area (Å²) in [5, 5.41) is 0. The van der Waals surface area contributed by atoms with E-state index in [9.17, 15) is 18.4 Å². The van der Waals surface area contributed by atoms with E-state index in [-0.39, 0.29) is 29.8 Å². The van der Waals surface area contributed by atoms with Crippen molar-refractivity contribution in [1.29, 1.82) is 0 Å². The highest BCUT2D eigenvalue weighted by Gasteiger charge is 2.19. The smallest absolute Gasteiger partial charge is 0.311 e. The van der Waals surface area contributed by atoms with Crippen molar-refractivity contribution in [2.75, 3.05) is 6.61 Å². The van der Waals surface area contributed by atoms with Gasteiger partial charge in [0.1, 0.15) is 0 Å². The van der Waals surface area contributed by atoms with Crippen molar-refractivity contribution < 1.29 is 18.3 Å². The summed E-state index contributed by atoms with van der Waals surface area (Å²) in [5.41, 5.74) is -0.727. The Bertz CT molecular complexity index is 468. The Kier molecular flexibility index (Phi) is 4.37. The molecule has 94 valence electrons. The lowest BCUT2D eigenvalue weighted by Gasteiger charge is -2.10. The molecule has 1 aromatic rings. The quantitative estimate of drug-likeness (QED) is 0.822. The Morgan fingerprint density at radius 1 is 1.53 bits per heavy atom. The Labute approximate surface area is 96.6 Å². The fourth-order valence-electron chi connectivity index (χ4n) is 1.56. The summed E-state index contributed by atoms with van der Waals surface area (Å²) in [6, 6.07) is 1.08. The Hall–Kier alpha value is -1.72. The fraction of sp³-hybridized carbons (Fsp3) is 0.455. The first kappa shape index (κ1) is 13.3. The van der Waals surface area contributed by atoms with E-state index in [1.807, 2.05) is 0 Å². The number of H-pyrrole nitrogens is 1. The van der Waals surface area contributed by atoms with Crippen LogP contribution in [0.5, 0.6) is 0 Å². The maximum atomic E-state index is 12.8. The van der Waals surface area contributed by atoms with Crippen LogP contribution < -0.4 is 5.56 Å². The average molecular weight is 245 g/mol. The van der Waals surface area contributed by atoms with Gasteiger partial charge in [-0.15, -0.1) is 0 Å². The van der Waals surface area contributed by atoms with Gasteiger partial charge in [-0.25, -0.2) is 8.78 Å². The van der Waals surface area contributed by atoms with Crippen molar-refractivity contribution in [2.45, 2.75) is 26.7 Å². The Balaban J connectivity index is 3.12. The van der Waals surface area contributed by atoms with Gasteiger partial charge >= 0.3 is 5.97 Å². The summed E-state index contributed by atoms with van der Waals surface area (Å²) >= 11 is 0. The van der Waals surface area contributed by atoms with Gasteiger partial charge in [0.05, 0.1) is 13.0 Å². The van der Waals surface area contributed by atoms with Gasteiger partial charge in [-0.05, 0) is 19.4 Å². The number of carbonyl (C=O) groups excluding carboxylic acids is 1. The van der Waals surface area contributed by atoms with Crippen LogP contribution in [0.2, 0.25) is 0 Å². The van der Waals surface area contributed by atoms with Gasteiger partial charge in [0.15, 0.2) is 0 Å². The predicted octanol–water partition coefficient (Wildman–Crippen LogP) is 1.73. The number of hydrogen-bond acceptors (Lipinski definition) is 3. The van der Waals surface area contributed by atoms with Gasteiger partial charge in [0.25, 0.3) is 6.43 Å². The van der Waals surface area contributed by atoms with Crippen LogP contribution >= 0.6 is 0 Å². The van der Waals surface area contributed by atoms with Crippen LogP contribution in [-0.4, -0.2) is 17.6 Å². The first-order valence-electron chi connectivity index (χ1n) is 5.12. The molecule has 4 nitrogen and oxygen atoms in total. The van der Waals surface area contributed by atoms with Gasteiger partial charge in [0, 0.05) is 17.3 Å². The highest BCUT2D eigenvalue weighted by molar-refractivity contribution is 5.72. The fourth-order valence-corrected chi connectivity index (χ4v) is 1.56. The van der Waals surface area contributed by atoms with Gasteiger partial charge < -0.3 is 9.72 Å². The van der Waals surface area contributed by atoms with Crippen LogP contribution in [-0.2, 0) is 16.0 Å². The lowest BCUT2D eigenvalue weighted by atomic mass is 10.1. The second-order valence-corrected chi connectivity index (χ2v) is 3.49. The number of aromatic nitrogens is 1. The summed E-state index contributed by atoms with van der Waals surface area (Å²) in [4.78, 5) is 24.6. The zero-order valence-corrected chi connectivity index (χ0v) is 9.55. The molecular formula is C11H13F2NO3. The van der Waals surface area contributed by atoms with Crippen LogP contribution in [0.1, 0.15) is 30.2 Å². The SMILES string of the molecule is CCOC(=O)Cc1[nH]c(=O)cc(C)c1C(F)F. The van der Waals surface area contributed by atoms with Crippen LogP contribution in [0.3, 0.4) is 0 Å². The van der Waals surface area contributed by atoms with E-state index in [0.29, 0.717) is 0 Å². The van der Waals surface area contributed by atoms with Crippen molar-refractivity contribution in [2.24, 2.45) is 0 Å². The molecule has 17 heavy (non-hydrogen) atoms. The van der Waals surface area contributed by atoms with Crippen molar-refractivity contribution in [3.05, 3.63) is 33.2 Å². The van der Waals surface area contributed by atoms with E-state index in [0.717, 1.165) is 6.07 Å². The van der Waals surface area contributed by atoms with E-state index in [4.69, 9.17) is 0 Å². The monoisotopic (exact) mass is 245 g/mol. The number of alkyl halides is 2. The molecule has 1 heterocycles. The zero-order chi connectivity index (χ0) is 13.0. The number of aromatic amines is 1. The predicted molar refractivity (Wildman–Crippen MR) is 57.1 cm³/mol. The van der Waals surface area contributed by atoms with Gasteiger partial charge in [-0.3, -0.25) is 9.59 Å². The molecule has 0 saturated heterocycles. The molecule has 0 bridgehead atoms. The van der Waals surface area contributed by atoms with E-state index in [2.05, 4.69) is 9.72 Å². The molecule has 0 aromatic carbocycles. The van der Waals surface area contributed by atoms with Crippen molar-refractivity contribution in [1.82, 2.24) is 4.98 Å².